The predicted molar refractivity (Wildman–Crippen MR) is 62.5 cm³/mol. The Labute approximate surface area is 90.7 Å². The smallest absolute Gasteiger partial charge is 0.193 e. The molecule has 0 spiro atoms. The third-order valence-electron chi connectivity index (χ3n) is 3.01. The van der Waals surface area contributed by atoms with Gasteiger partial charge in [0.1, 0.15) is 0 Å². The molecular weight excluding hydrogens is 190 g/mol. The third-order valence-corrected chi connectivity index (χ3v) is 3.01. The van der Waals surface area contributed by atoms with Crippen LogP contribution in [0.5, 0.6) is 0 Å². The topological polar surface area (TPSA) is 52.0 Å². The van der Waals surface area contributed by atoms with Crippen molar-refractivity contribution in [2.24, 2.45) is 9.98 Å². The number of nitrogens with one attached hydrogen (secondary N) is 2. The number of hydrogen-bond donors (Lipinski definition) is 2. The monoisotopic (exact) mass is 209 g/mol. The number of hydrogen-bond acceptors (Lipinski definition) is 3. The highest BCUT2D eigenvalue weighted by atomic mass is 15.4. The van der Waals surface area contributed by atoms with Crippen LogP contribution in [0, 0.1) is 0 Å². The van der Waals surface area contributed by atoms with Crippen molar-refractivity contribution in [1.29, 1.82) is 0 Å². The fraction of sp³-hybridized carbons (Fsp3) is 0.800. The zero-order valence-corrected chi connectivity index (χ0v) is 9.45. The first-order chi connectivity index (χ1) is 7.31. The first-order valence-electron chi connectivity index (χ1n) is 5.52. The molecule has 0 amide bonds. The lowest BCUT2D eigenvalue weighted by atomic mass is 10.3. The summed E-state index contributed by atoms with van der Waals surface area (Å²) in [6.07, 6.45) is 2.31. The van der Waals surface area contributed by atoms with Crippen LogP contribution in [0.15, 0.2) is 9.98 Å². The molecular formula is C10H19N5. The molecule has 0 saturated carbocycles. The van der Waals surface area contributed by atoms with E-state index in [2.05, 4.69) is 32.6 Å². The number of rotatable bonds is 2. The first kappa shape index (κ1) is 10.3. The van der Waals surface area contributed by atoms with Crippen LogP contribution in [0.25, 0.3) is 0 Å². The Morgan fingerprint density at radius 1 is 1.67 bits per heavy atom. The quantitative estimate of drug-likeness (QED) is 0.654. The summed E-state index contributed by atoms with van der Waals surface area (Å²) in [7, 11) is 3.89. The summed E-state index contributed by atoms with van der Waals surface area (Å²) in [5.41, 5.74) is 0. The summed E-state index contributed by atoms with van der Waals surface area (Å²) in [6, 6.07) is 0.479. The lowest BCUT2D eigenvalue weighted by Crippen LogP contribution is -2.40. The second kappa shape index (κ2) is 4.51. The minimum Gasteiger partial charge on any atom is -0.372 e. The molecule has 0 radical (unpaired) electrons. The van der Waals surface area contributed by atoms with Gasteiger partial charge in [0.15, 0.2) is 5.96 Å². The molecule has 1 fully saturated rings. The van der Waals surface area contributed by atoms with Gasteiger partial charge in [-0.25, -0.2) is 0 Å². The molecule has 5 heteroatoms. The second-order valence-electron chi connectivity index (χ2n) is 4.01. The van der Waals surface area contributed by atoms with Gasteiger partial charge < -0.3 is 15.5 Å². The van der Waals surface area contributed by atoms with E-state index in [4.69, 9.17) is 0 Å². The van der Waals surface area contributed by atoms with Gasteiger partial charge in [0, 0.05) is 40.2 Å². The molecule has 84 valence electrons. The van der Waals surface area contributed by atoms with E-state index in [0.29, 0.717) is 6.04 Å². The zero-order chi connectivity index (χ0) is 10.7. The molecule has 0 bridgehead atoms. The molecule has 1 atom stereocenters. The number of guanidine groups is 1. The summed E-state index contributed by atoms with van der Waals surface area (Å²) in [6.45, 7) is 2.90. The Kier molecular flexibility index (Phi) is 3.08. The molecule has 0 aromatic heterocycles. The molecule has 2 rings (SSSR count). The van der Waals surface area contributed by atoms with Gasteiger partial charge in [0.25, 0.3) is 0 Å². The van der Waals surface area contributed by atoms with Crippen LogP contribution in [0.1, 0.15) is 12.8 Å². The maximum absolute atomic E-state index is 4.40. The Morgan fingerprint density at radius 3 is 3.13 bits per heavy atom. The molecule has 5 nitrogen and oxygen atoms in total. The van der Waals surface area contributed by atoms with Crippen LogP contribution >= 0.6 is 0 Å². The van der Waals surface area contributed by atoms with E-state index in [1.807, 2.05) is 7.05 Å². The van der Waals surface area contributed by atoms with Crippen molar-refractivity contribution in [3.8, 4) is 0 Å². The average Bonchev–Trinajstić information content (AvgIpc) is 2.85. The molecule has 0 aromatic rings. The van der Waals surface area contributed by atoms with E-state index in [1.54, 1.807) is 0 Å². The van der Waals surface area contributed by atoms with Gasteiger partial charge in [-0.1, -0.05) is 0 Å². The Bertz CT molecular complexity index is 284. The summed E-state index contributed by atoms with van der Waals surface area (Å²) in [5.74, 6) is 2.15. The van der Waals surface area contributed by atoms with Gasteiger partial charge in [0.05, 0.1) is 11.9 Å². The highest BCUT2D eigenvalue weighted by Crippen LogP contribution is 2.05. The highest BCUT2D eigenvalue weighted by Gasteiger charge is 2.25. The number of amidine groups is 1. The Hall–Kier alpha value is -1.26. The van der Waals surface area contributed by atoms with E-state index in [-0.39, 0.29) is 0 Å². The highest BCUT2D eigenvalue weighted by molar-refractivity contribution is 5.84. The first-order valence-corrected chi connectivity index (χ1v) is 5.52. The molecule has 0 aromatic carbocycles. The molecule has 1 saturated heterocycles. The van der Waals surface area contributed by atoms with Gasteiger partial charge in [0.2, 0.25) is 0 Å². The van der Waals surface area contributed by atoms with E-state index in [1.165, 1.54) is 12.3 Å². The Balaban J connectivity index is 1.80. The SMILES string of the molecule is CN=C1NCC(CNC2=NCCC2)N1C. The maximum atomic E-state index is 4.40. The second-order valence-corrected chi connectivity index (χ2v) is 4.01. The predicted octanol–water partition coefficient (Wildman–Crippen LogP) is -0.342. The fourth-order valence-corrected chi connectivity index (χ4v) is 2.01. The van der Waals surface area contributed by atoms with Gasteiger partial charge in [-0.2, -0.15) is 0 Å². The summed E-state index contributed by atoms with van der Waals surface area (Å²) < 4.78 is 0. The van der Waals surface area contributed by atoms with Crippen molar-refractivity contribution < 1.29 is 0 Å². The molecule has 15 heavy (non-hydrogen) atoms. The summed E-state index contributed by atoms with van der Waals surface area (Å²) >= 11 is 0. The van der Waals surface area contributed by atoms with Crippen LogP contribution in [0.4, 0.5) is 0 Å². The van der Waals surface area contributed by atoms with Crippen LogP contribution in [-0.2, 0) is 0 Å². The standard InChI is InChI=1S/C10H19N5/c1-11-10-14-7-8(15(10)2)6-13-9-4-3-5-12-9/h8H,3-7H2,1-2H3,(H,11,14)(H,12,13). The van der Waals surface area contributed by atoms with Gasteiger partial charge in [-0.05, 0) is 6.42 Å². The molecule has 2 aliphatic heterocycles. The molecule has 2 N–H and O–H groups in total. The molecule has 2 heterocycles. The maximum Gasteiger partial charge on any atom is 0.193 e. The van der Waals surface area contributed by atoms with Crippen molar-refractivity contribution in [3.63, 3.8) is 0 Å². The average molecular weight is 209 g/mol. The summed E-state index contributed by atoms with van der Waals surface area (Å²) in [4.78, 5) is 10.8. The zero-order valence-electron chi connectivity index (χ0n) is 9.45. The van der Waals surface area contributed by atoms with E-state index in [0.717, 1.165) is 32.0 Å². The fourth-order valence-electron chi connectivity index (χ4n) is 2.01. The lowest BCUT2D eigenvalue weighted by Gasteiger charge is -2.20. The largest absolute Gasteiger partial charge is 0.372 e. The number of nitrogens with zero attached hydrogens (tertiary/aromatic N) is 3. The summed E-state index contributed by atoms with van der Waals surface area (Å²) in [5, 5.41) is 6.69. The normalized spacial score (nSPS) is 28.1. The van der Waals surface area contributed by atoms with Gasteiger partial charge in [-0.3, -0.25) is 9.98 Å². The van der Waals surface area contributed by atoms with Crippen molar-refractivity contribution in [1.82, 2.24) is 15.5 Å². The van der Waals surface area contributed by atoms with Gasteiger partial charge in [-0.15, -0.1) is 0 Å². The third kappa shape index (κ3) is 2.22. The number of likely N-dealkylation sites (N-methyl/N-ethyl adjacent to an activating group) is 1. The van der Waals surface area contributed by atoms with E-state index >= 15 is 0 Å². The van der Waals surface area contributed by atoms with Crippen molar-refractivity contribution >= 4 is 11.8 Å². The minimum absolute atomic E-state index is 0.479. The van der Waals surface area contributed by atoms with Crippen LogP contribution < -0.4 is 10.6 Å². The van der Waals surface area contributed by atoms with Crippen LogP contribution in [0.2, 0.25) is 0 Å². The van der Waals surface area contributed by atoms with Gasteiger partial charge >= 0.3 is 0 Å². The van der Waals surface area contributed by atoms with Crippen LogP contribution in [0.3, 0.4) is 0 Å². The minimum atomic E-state index is 0.479. The molecule has 1 unspecified atom stereocenters. The number of aliphatic imine (C=N–C) groups is 2. The van der Waals surface area contributed by atoms with E-state index in [9.17, 15) is 0 Å². The lowest BCUT2D eigenvalue weighted by molar-refractivity contribution is 0.406. The molecule has 2 aliphatic rings. The van der Waals surface area contributed by atoms with Crippen molar-refractivity contribution in [2.45, 2.75) is 18.9 Å². The van der Waals surface area contributed by atoms with E-state index < -0.39 is 0 Å². The van der Waals surface area contributed by atoms with Crippen molar-refractivity contribution in [2.75, 3.05) is 33.7 Å². The Morgan fingerprint density at radius 2 is 2.53 bits per heavy atom. The molecule has 0 aliphatic carbocycles. The van der Waals surface area contributed by atoms with Crippen LogP contribution in [-0.4, -0.2) is 56.5 Å². The van der Waals surface area contributed by atoms with Crippen molar-refractivity contribution in [3.05, 3.63) is 0 Å².